The van der Waals surface area contributed by atoms with Gasteiger partial charge in [0.15, 0.2) is 0 Å². The maximum Gasteiger partial charge on any atom is 0.293 e. The molecule has 0 N–H and O–H groups in total. The van der Waals surface area contributed by atoms with Gasteiger partial charge in [-0.05, 0) is 48.0 Å². The summed E-state index contributed by atoms with van der Waals surface area (Å²) in [6.45, 7) is 2.30. The van der Waals surface area contributed by atoms with Crippen molar-refractivity contribution in [2.24, 2.45) is 0 Å². The predicted molar refractivity (Wildman–Crippen MR) is 96.8 cm³/mol. The van der Waals surface area contributed by atoms with Crippen LogP contribution in [-0.2, 0) is 11.3 Å². The van der Waals surface area contributed by atoms with E-state index in [1.165, 1.54) is 4.90 Å². The highest BCUT2D eigenvalue weighted by Gasteiger charge is 2.34. The minimum atomic E-state index is -0.232. The Kier molecular flexibility index (Phi) is 4.68. The number of imide groups is 1. The van der Waals surface area contributed by atoms with Crippen LogP contribution in [0.2, 0.25) is 0 Å². The summed E-state index contributed by atoms with van der Waals surface area (Å²) in [6.07, 6.45) is 1.76. The molecule has 1 heterocycles. The van der Waals surface area contributed by atoms with Gasteiger partial charge in [-0.3, -0.25) is 14.5 Å². The summed E-state index contributed by atoms with van der Waals surface area (Å²) in [4.78, 5) is 26.4. The lowest BCUT2D eigenvalue weighted by molar-refractivity contribution is -0.123. The molecular formula is C18H14BrNO2S. The monoisotopic (exact) mass is 387 g/mol. The fourth-order valence-electron chi connectivity index (χ4n) is 2.34. The zero-order valence-electron chi connectivity index (χ0n) is 12.5. The van der Waals surface area contributed by atoms with Gasteiger partial charge in [0, 0.05) is 4.47 Å². The van der Waals surface area contributed by atoms with Crippen molar-refractivity contribution in [1.29, 1.82) is 0 Å². The smallest absolute Gasteiger partial charge is 0.268 e. The van der Waals surface area contributed by atoms with Crippen LogP contribution in [0.1, 0.15) is 16.7 Å². The molecule has 0 saturated carbocycles. The molecule has 5 heteroatoms. The number of carbonyl (C=O) groups excluding carboxylic acids is 2. The second-order valence-corrected chi connectivity index (χ2v) is 7.22. The fourth-order valence-corrected chi connectivity index (χ4v) is 3.44. The molecule has 0 aliphatic carbocycles. The highest BCUT2D eigenvalue weighted by molar-refractivity contribution is 9.10. The number of thioether (sulfide) groups is 1. The summed E-state index contributed by atoms with van der Waals surface area (Å²) in [5, 5.41) is -0.222. The Hall–Kier alpha value is -1.85. The molecule has 2 amide bonds. The van der Waals surface area contributed by atoms with E-state index in [9.17, 15) is 9.59 Å². The topological polar surface area (TPSA) is 37.4 Å². The molecule has 1 saturated heterocycles. The molecule has 0 atom stereocenters. The molecule has 1 aliphatic heterocycles. The molecule has 0 bridgehead atoms. The summed E-state index contributed by atoms with van der Waals surface area (Å²) >= 11 is 4.37. The number of halogens is 1. The molecule has 3 nitrogen and oxygen atoms in total. The summed E-state index contributed by atoms with van der Waals surface area (Å²) in [5.41, 5.74) is 2.96. The first-order chi connectivity index (χ1) is 11.0. The van der Waals surface area contributed by atoms with Crippen LogP contribution in [0.15, 0.2) is 57.9 Å². The van der Waals surface area contributed by atoms with Crippen LogP contribution < -0.4 is 0 Å². The molecule has 116 valence electrons. The number of rotatable bonds is 3. The Morgan fingerprint density at radius 2 is 1.87 bits per heavy atom. The first-order valence-corrected chi connectivity index (χ1v) is 8.70. The van der Waals surface area contributed by atoms with Gasteiger partial charge in [0.05, 0.1) is 11.4 Å². The third-order valence-electron chi connectivity index (χ3n) is 3.46. The molecular weight excluding hydrogens is 374 g/mol. The molecule has 2 aromatic carbocycles. The number of hydrogen-bond donors (Lipinski definition) is 0. The molecule has 3 rings (SSSR count). The quantitative estimate of drug-likeness (QED) is 0.695. The van der Waals surface area contributed by atoms with E-state index in [1.807, 2.05) is 55.5 Å². The van der Waals surface area contributed by atoms with Gasteiger partial charge in [-0.25, -0.2) is 0 Å². The average molecular weight is 388 g/mol. The van der Waals surface area contributed by atoms with Crippen molar-refractivity contribution in [2.75, 3.05) is 0 Å². The maximum absolute atomic E-state index is 12.5. The third kappa shape index (κ3) is 3.74. The lowest BCUT2D eigenvalue weighted by Crippen LogP contribution is -2.27. The van der Waals surface area contributed by atoms with Gasteiger partial charge in [-0.15, -0.1) is 0 Å². The lowest BCUT2D eigenvalue weighted by Gasteiger charge is -2.12. The second-order valence-electron chi connectivity index (χ2n) is 5.31. The summed E-state index contributed by atoms with van der Waals surface area (Å²) in [6, 6.07) is 15.4. The summed E-state index contributed by atoms with van der Waals surface area (Å²) in [5.74, 6) is -0.232. The first-order valence-electron chi connectivity index (χ1n) is 7.09. The normalized spacial score (nSPS) is 16.4. The lowest BCUT2D eigenvalue weighted by atomic mass is 10.1. The zero-order valence-corrected chi connectivity index (χ0v) is 14.9. The van der Waals surface area contributed by atoms with Crippen molar-refractivity contribution in [3.8, 4) is 0 Å². The van der Waals surface area contributed by atoms with Crippen LogP contribution in [0.25, 0.3) is 6.08 Å². The van der Waals surface area contributed by atoms with E-state index in [0.717, 1.165) is 32.9 Å². The van der Waals surface area contributed by atoms with Crippen LogP contribution in [0.3, 0.4) is 0 Å². The number of benzene rings is 2. The van der Waals surface area contributed by atoms with Gasteiger partial charge in [-0.1, -0.05) is 57.9 Å². The predicted octanol–water partition coefficient (Wildman–Crippen LogP) is 4.99. The van der Waals surface area contributed by atoms with E-state index < -0.39 is 0 Å². The van der Waals surface area contributed by atoms with E-state index in [4.69, 9.17) is 0 Å². The Morgan fingerprint density at radius 1 is 1.13 bits per heavy atom. The number of carbonyl (C=O) groups is 2. The van der Waals surface area contributed by atoms with Crippen LogP contribution in [-0.4, -0.2) is 16.0 Å². The fraction of sp³-hybridized carbons (Fsp3) is 0.111. The zero-order chi connectivity index (χ0) is 16.4. The van der Waals surface area contributed by atoms with Gasteiger partial charge in [0.25, 0.3) is 11.1 Å². The van der Waals surface area contributed by atoms with Crippen LogP contribution >= 0.6 is 27.7 Å². The molecule has 2 aromatic rings. The Balaban J connectivity index is 1.81. The van der Waals surface area contributed by atoms with Crippen molar-refractivity contribution in [1.82, 2.24) is 4.90 Å². The van der Waals surface area contributed by atoms with Gasteiger partial charge in [0.2, 0.25) is 0 Å². The van der Waals surface area contributed by atoms with E-state index in [1.54, 1.807) is 6.08 Å². The first kappa shape index (κ1) is 16.0. The third-order valence-corrected chi connectivity index (χ3v) is 4.90. The number of amides is 2. The van der Waals surface area contributed by atoms with E-state index in [2.05, 4.69) is 15.9 Å². The maximum atomic E-state index is 12.5. The second kappa shape index (κ2) is 6.72. The van der Waals surface area contributed by atoms with Crippen LogP contribution in [0.5, 0.6) is 0 Å². The van der Waals surface area contributed by atoms with Crippen LogP contribution in [0, 0.1) is 6.92 Å². The minimum Gasteiger partial charge on any atom is -0.268 e. The number of hydrogen-bond acceptors (Lipinski definition) is 3. The van der Waals surface area contributed by atoms with Gasteiger partial charge in [-0.2, -0.15) is 0 Å². The number of nitrogens with zero attached hydrogens (tertiary/aromatic N) is 1. The van der Waals surface area contributed by atoms with E-state index in [0.29, 0.717) is 11.4 Å². The molecule has 0 aromatic heterocycles. The molecule has 1 fully saturated rings. The van der Waals surface area contributed by atoms with Gasteiger partial charge in [0.1, 0.15) is 0 Å². The van der Waals surface area contributed by atoms with Crippen molar-refractivity contribution in [3.05, 3.63) is 74.6 Å². The summed E-state index contributed by atoms with van der Waals surface area (Å²) in [7, 11) is 0. The molecule has 0 spiro atoms. The minimum absolute atomic E-state index is 0.222. The highest BCUT2D eigenvalue weighted by atomic mass is 79.9. The largest absolute Gasteiger partial charge is 0.293 e. The Morgan fingerprint density at radius 3 is 2.57 bits per heavy atom. The Bertz CT molecular complexity index is 799. The molecule has 0 radical (unpaired) electrons. The highest BCUT2D eigenvalue weighted by Crippen LogP contribution is 2.33. The van der Waals surface area contributed by atoms with Crippen molar-refractivity contribution >= 4 is 44.9 Å². The SMILES string of the molecule is Cc1cccc(CN2C(=O)S/C(=C\c3ccc(Br)cc3)C2=O)c1. The summed E-state index contributed by atoms with van der Waals surface area (Å²) < 4.78 is 0.974. The molecule has 0 unspecified atom stereocenters. The van der Waals surface area contributed by atoms with Gasteiger partial charge >= 0.3 is 0 Å². The van der Waals surface area contributed by atoms with E-state index in [-0.39, 0.29) is 11.1 Å². The number of aryl methyl sites for hydroxylation is 1. The van der Waals surface area contributed by atoms with Crippen molar-refractivity contribution in [2.45, 2.75) is 13.5 Å². The average Bonchev–Trinajstić information content (AvgIpc) is 2.77. The van der Waals surface area contributed by atoms with Crippen LogP contribution in [0.4, 0.5) is 4.79 Å². The van der Waals surface area contributed by atoms with Crippen molar-refractivity contribution in [3.63, 3.8) is 0 Å². The van der Waals surface area contributed by atoms with Crippen molar-refractivity contribution < 1.29 is 9.59 Å². The van der Waals surface area contributed by atoms with Gasteiger partial charge < -0.3 is 0 Å². The van der Waals surface area contributed by atoms with E-state index >= 15 is 0 Å². The standard InChI is InChI=1S/C18H14BrNO2S/c1-12-3-2-4-14(9-12)11-20-17(21)16(23-18(20)22)10-13-5-7-15(19)8-6-13/h2-10H,11H2,1H3/b16-10-. The molecule has 23 heavy (non-hydrogen) atoms. The molecule has 1 aliphatic rings. The Labute approximate surface area is 147 Å².